The molecule has 1 heterocycles. The highest BCUT2D eigenvalue weighted by Gasteiger charge is 2.20. The van der Waals surface area contributed by atoms with Crippen molar-refractivity contribution < 1.29 is 14.7 Å². The van der Waals surface area contributed by atoms with Gasteiger partial charge in [-0.1, -0.05) is 36.4 Å². The fourth-order valence-corrected chi connectivity index (χ4v) is 2.76. The largest absolute Gasteiger partial charge is 0.475 e. The molecular weight excluding hydrogens is 306 g/mol. The quantitative estimate of drug-likeness (QED) is 0.591. The van der Waals surface area contributed by atoms with Gasteiger partial charge in [0.2, 0.25) is 5.43 Å². The van der Waals surface area contributed by atoms with Crippen molar-refractivity contribution in [2.45, 2.75) is 6.42 Å². The van der Waals surface area contributed by atoms with Gasteiger partial charge in [-0.2, -0.15) is 0 Å². The lowest BCUT2D eigenvalue weighted by atomic mass is 10.0. The smallest absolute Gasteiger partial charge is 0.377 e. The molecule has 0 saturated carbocycles. The van der Waals surface area contributed by atoms with Crippen LogP contribution >= 0.6 is 0 Å². The lowest BCUT2D eigenvalue weighted by molar-refractivity contribution is -0.131. The van der Waals surface area contributed by atoms with E-state index in [9.17, 15) is 14.4 Å². The topological polar surface area (TPSA) is 76.4 Å². The van der Waals surface area contributed by atoms with Crippen molar-refractivity contribution in [1.82, 2.24) is 4.57 Å². The Kier molecular flexibility index (Phi) is 4.00. The number of carbonyl (C=O) groups excluding carboxylic acids is 1. The Hall–Kier alpha value is -3.21. The molecule has 5 nitrogen and oxygen atoms in total. The molecule has 24 heavy (non-hydrogen) atoms. The van der Waals surface area contributed by atoms with Crippen LogP contribution in [0.1, 0.15) is 21.5 Å². The summed E-state index contributed by atoms with van der Waals surface area (Å²) in [6, 6.07) is 15.3. The number of aryl methyl sites for hydroxylation is 1. The number of carboxylic acid groups (broad SMARTS) is 1. The third-order valence-corrected chi connectivity index (χ3v) is 3.94. The highest BCUT2D eigenvalue weighted by Crippen LogP contribution is 2.16. The standard InChI is InChI=1S/C19H15NO4/c1-20-11-15(18(22)19(23)24)17(21)14-10-13(7-8-16(14)20)9-12-5-3-2-4-6-12/h2-8,10-11H,9H2,1H3,(H,23,24). The number of hydrogen-bond acceptors (Lipinski definition) is 3. The molecule has 0 aliphatic carbocycles. The molecule has 0 atom stereocenters. The van der Waals surface area contributed by atoms with Gasteiger partial charge in [0.05, 0.1) is 11.1 Å². The Morgan fingerprint density at radius 2 is 1.75 bits per heavy atom. The van der Waals surface area contributed by atoms with Gasteiger partial charge in [-0.3, -0.25) is 9.59 Å². The molecule has 120 valence electrons. The maximum absolute atomic E-state index is 12.5. The second-order valence-electron chi connectivity index (χ2n) is 5.63. The number of aliphatic carboxylic acids is 1. The van der Waals surface area contributed by atoms with Gasteiger partial charge in [0.1, 0.15) is 0 Å². The van der Waals surface area contributed by atoms with Crippen molar-refractivity contribution in [3.8, 4) is 0 Å². The van der Waals surface area contributed by atoms with Crippen LogP contribution in [0.15, 0.2) is 59.5 Å². The van der Waals surface area contributed by atoms with E-state index in [1.165, 1.54) is 6.20 Å². The van der Waals surface area contributed by atoms with Crippen LogP contribution in [0.2, 0.25) is 0 Å². The monoisotopic (exact) mass is 321 g/mol. The van der Waals surface area contributed by atoms with Crippen LogP contribution in [-0.4, -0.2) is 21.4 Å². The van der Waals surface area contributed by atoms with Crippen LogP contribution in [0.5, 0.6) is 0 Å². The second kappa shape index (κ2) is 6.12. The van der Waals surface area contributed by atoms with Gasteiger partial charge in [0.25, 0.3) is 5.78 Å². The van der Waals surface area contributed by atoms with Crippen molar-refractivity contribution in [2.24, 2.45) is 7.05 Å². The molecule has 0 amide bonds. The molecule has 0 radical (unpaired) electrons. The number of aromatic nitrogens is 1. The third kappa shape index (κ3) is 2.84. The average molecular weight is 321 g/mol. The summed E-state index contributed by atoms with van der Waals surface area (Å²) < 4.78 is 1.60. The van der Waals surface area contributed by atoms with Crippen LogP contribution < -0.4 is 5.43 Å². The van der Waals surface area contributed by atoms with Gasteiger partial charge in [-0.25, -0.2) is 4.79 Å². The van der Waals surface area contributed by atoms with Gasteiger partial charge in [-0.15, -0.1) is 0 Å². The van der Waals surface area contributed by atoms with E-state index in [4.69, 9.17) is 5.11 Å². The number of carbonyl (C=O) groups is 2. The molecule has 0 unspecified atom stereocenters. The summed E-state index contributed by atoms with van der Waals surface area (Å²) in [7, 11) is 1.68. The minimum absolute atomic E-state index is 0.325. The maximum atomic E-state index is 12.5. The Labute approximate surface area is 137 Å². The van der Waals surface area contributed by atoms with Crippen molar-refractivity contribution in [2.75, 3.05) is 0 Å². The summed E-state index contributed by atoms with van der Waals surface area (Å²) >= 11 is 0. The molecule has 5 heteroatoms. The van der Waals surface area contributed by atoms with Gasteiger partial charge < -0.3 is 9.67 Å². The van der Waals surface area contributed by atoms with E-state index < -0.39 is 17.2 Å². The molecule has 1 aromatic heterocycles. The predicted molar refractivity (Wildman–Crippen MR) is 90.4 cm³/mol. The van der Waals surface area contributed by atoms with Crippen molar-refractivity contribution >= 4 is 22.7 Å². The summed E-state index contributed by atoms with van der Waals surface area (Å²) in [5.74, 6) is -2.82. The van der Waals surface area contributed by atoms with E-state index in [0.717, 1.165) is 11.1 Å². The average Bonchev–Trinajstić information content (AvgIpc) is 2.58. The van der Waals surface area contributed by atoms with Gasteiger partial charge in [-0.05, 0) is 29.7 Å². The molecule has 0 aliphatic heterocycles. The first-order valence-electron chi connectivity index (χ1n) is 7.41. The highest BCUT2D eigenvalue weighted by molar-refractivity contribution is 6.40. The van der Waals surface area contributed by atoms with Crippen molar-refractivity contribution in [3.63, 3.8) is 0 Å². The molecular formula is C19H15NO4. The minimum atomic E-state index is -1.63. The summed E-state index contributed by atoms with van der Waals surface area (Å²) in [5.41, 5.74) is 1.80. The first-order valence-corrected chi connectivity index (χ1v) is 7.41. The zero-order valence-corrected chi connectivity index (χ0v) is 13.0. The van der Waals surface area contributed by atoms with E-state index in [1.54, 1.807) is 17.7 Å². The van der Waals surface area contributed by atoms with Crippen molar-refractivity contribution in [3.05, 3.63) is 81.6 Å². The number of benzene rings is 2. The number of nitrogens with zero attached hydrogens (tertiary/aromatic N) is 1. The van der Waals surface area contributed by atoms with Crippen LogP contribution in [0.25, 0.3) is 10.9 Å². The summed E-state index contributed by atoms with van der Waals surface area (Å²) in [4.78, 5) is 35.2. The van der Waals surface area contributed by atoms with E-state index in [2.05, 4.69) is 0 Å². The first kappa shape index (κ1) is 15.7. The van der Waals surface area contributed by atoms with E-state index in [-0.39, 0.29) is 5.56 Å². The number of Topliss-reactive ketones (excluding diaryl/α,β-unsaturated/α-hetero) is 1. The van der Waals surface area contributed by atoms with Crippen molar-refractivity contribution in [1.29, 1.82) is 0 Å². The number of hydrogen-bond donors (Lipinski definition) is 1. The normalized spacial score (nSPS) is 10.7. The Bertz CT molecular complexity index is 1000. The van der Waals surface area contributed by atoms with Gasteiger partial charge in [0.15, 0.2) is 0 Å². The van der Waals surface area contributed by atoms with E-state index in [1.807, 2.05) is 42.5 Å². The summed E-state index contributed by atoms with van der Waals surface area (Å²) in [6.07, 6.45) is 1.93. The van der Waals surface area contributed by atoms with E-state index >= 15 is 0 Å². The molecule has 0 saturated heterocycles. The molecule has 3 aromatic rings. The number of pyridine rings is 1. The molecule has 1 N–H and O–H groups in total. The Balaban J connectivity index is 2.14. The Morgan fingerprint density at radius 3 is 2.42 bits per heavy atom. The molecule has 0 fully saturated rings. The minimum Gasteiger partial charge on any atom is -0.475 e. The molecule has 0 spiro atoms. The zero-order valence-electron chi connectivity index (χ0n) is 13.0. The predicted octanol–water partition coefficient (Wildman–Crippen LogP) is 2.40. The van der Waals surface area contributed by atoms with Gasteiger partial charge >= 0.3 is 5.97 Å². The molecule has 0 aliphatic rings. The fraction of sp³-hybridized carbons (Fsp3) is 0.105. The molecule has 3 rings (SSSR count). The number of fused-ring (bicyclic) bond motifs is 1. The highest BCUT2D eigenvalue weighted by atomic mass is 16.4. The molecule has 2 aromatic carbocycles. The summed E-state index contributed by atoms with van der Waals surface area (Å²) in [6.45, 7) is 0. The number of ketones is 1. The SMILES string of the molecule is Cn1cc(C(=O)C(=O)O)c(=O)c2cc(Cc3ccccc3)ccc21. The van der Waals surface area contributed by atoms with Gasteiger partial charge in [0, 0.05) is 18.6 Å². The Morgan fingerprint density at radius 1 is 1.04 bits per heavy atom. The molecule has 0 bridgehead atoms. The van der Waals surface area contributed by atoms with Crippen LogP contribution in [0.4, 0.5) is 0 Å². The summed E-state index contributed by atoms with van der Waals surface area (Å²) in [5, 5.41) is 9.22. The van der Waals surface area contributed by atoms with Crippen LogP contribution in [0, 0.1) is 0 Å². The lowest BCUT2D eigenvalue weighted by Crippen LogP contribution is -2.23. The van der Waals surface area contributed by atoms with Crippen LogP contribution in [0.3, 0.4) is 0 Å². The number of carboxylic acids is 1. The fourth-order valence-electron chi connectivity index (χ4n) is 2.76. The lowest BCUT2D eigenvalue weighted by Gasteiger charge is -2.09. The maximum Gasteiger partial charge on any atom is 0.377 e. The third-order valence-electron chi connectivity index (χ3n) is 3.94. The van der Waals surface area contributed by atoms with Crippen LogP contribution in [-0.2, 0) is 18.3 Å². The van der Waals surface area contributed by atoms with E-state index in [0.29, 0.717) is 17.3 Å². The second-order valence-corrected chi connectivity index (χ2v) is 5.63. The first-order chi connectivity index (χ1) is 11.5. The zero-order chi connectivity index (χ0) is 17.3. The number of rotatable bonds is 4.